The molecule has 0 unspecified atom stereocenters. The van der Waals surface area contributed by atoms with Crippen LogP contribution in [0.25, 0.3) is 0 Å². The quantitative estimate of drug-likeness (QED) is 0.579. The van der Waals surface area contributed by atoms with E-state index in [1.807, 2.05) is 32.0 Å². The highest BCUT2D eigenvalue weighted by Gasteiger charge is 2.31. The third-order valence-corrected chi connectivity index (χ3v) is 6.50. The first-order valence-corrected chi connectivity index (χ1v) is 12.1. The summed E-state index contributed by atoms with van der Waals surface area (Å²) in [4.78, 5) is 13.1. The molecule has 0 aliphatic carbocycles. The summed E-state index contributed by atoms with van der Waals surface area (Å²) in [5.74, 6) is 1.18. The van der Waals surface area contributed by atoms with Crippen molar-refractivity contribution in [1.82, 2.24) is 5.32 Å². The minimum absolute atomic E-state index is 0.277. The third kappa shape index (κ3) is 5.64. The molecule has 1 N–H and O–H groups in total. The molecule has 0 saturated carbocycles. The van der Waals surface area contributed by atoms with Crippen LogP contribution >= 0.6 is 0 Å². The number of sulfonamides is 1. The van der Waals surface area contributed by atoms with Gasteiger partial charge >= 0.3 is 0 Å². The van der Waals surface area contributed by atoms with E-state index < -0.39 is 22.0 Å². The maximum atomic E-state index is 13.1. The van der Waals surface area contributed by atoms with Gasteiger partial charge < -0.3 is 19.5 Å². The molecule has 2 atom stereocenters. The molecule has 0 aromatic heterocycles. The van der Waals surface area contributed by atoms with Gasteiger partial charge in [0.1, 0.15) is 11.8 Å². The zero-order chi connectivity index (χ0) is 24.1. The van der Waals surface area contributed by atoms with E-state index in [0.717, 1.165) is 27.4 Å². The molecule has 2 rings (SSSR count). The van der Waals surface area contributed by atoms with Crippen molar-refractivity contribution in [2.75, 3.05) is 31.9 Å². The predicted octanol–water partition coefficient (Wildman–Crippen LogP) is 3.44. The molecular formula is C23H32N2O6S. The topological polar surface area (TPSA) is 94.2 Å². The van der Waals surface area contributed by atoms with Crippen LogP contribution in [0.3, 0.4) is 0 Å². The molecular weight excluding hydrogens is 432 g/mol. The Morgan fingerprint density at radius 2 is 1.59 bits per heavy atom. The fourth-order valence-electron chi connectivity index (χ4n) is 3.60. The van der Waals surface area contributed by atoms with E-state index in [-0.39, 0.29) is 6.04 Å². The standard InChI is InChI=1S/C23H32N2O6S/c1-8-19(17-9-11-20(29-4)15(2)13-17)24-23(26)16(3)25(32(7,27)28)18-10-12-21(30-5)22(14-18)31-6/h9-14,16,19H,8H2,1-7H3,(H,24,26)/t16-,19+/m0/s1. The third-order valence-electron chi connectivity index (χ3n) is 5.26. The van der Waals surface area contributed by atoms with Crippen LogP contribution in [0.5, 0.6) is 17.2 Å². The van der Waals surface area contributed by atoms with Gasteiger partial charge in [-0.15, -0.1) is 0 Å². The molecule has 2 aromatic carbocycles. The monoisotopic (exact) mass is 464 g/mol. The number of hydrogen-bond donors (Lipinski definition) is 1. The Morgan fingerprint density at radius 3 is 2.09 bits per heavy atom. The Morgan fingerprint density at radius 1 is 1.00 bits per heavy atom. The molecule has 176 valence electrons. The van der Waals surface area contributed by atoms with E-state index in [2.05, 4.69) is 5.32 Å². The molecule has 32 heavy (non-hydrogen) atoms. The first kappa shape index (κ1) is 25.3. The summed E-state index contributed by atoms with van der Waals surface area (Å²) in [5, 5.41) is 2.98. The molecule has 0 radical (unpaired) electrons. The number of amides is 1. The van der Waals surface area contributed by atoms with E-state index in [1.54, 1.807) is 26.2 Å². The van der Waals surface area contributed by atoms with Crippen LogP contribution in [0.1, 0.15) is 37.4 Å². The van der Waals surface area contributed by atoms with Gasteiger partial charge in [0.05, 0.1) is 39.3 Å². The second-order valence-electron chi connectivity index (χ2n) is 7.47. The Balaban J connectivity index is 2.35. The van der Waals surface area contributed by atoms with E-state index in [9.17, 15) is 13.2 Å². The molecule has 8 nitrogen and oxygen atoms in total. The molecule has 0 aliphatic heterocycles. The fraction of sp³-hybridized carbons (Fsp3) is 0.435. The number of carbonyl (C=O) groups excluding carboxylic acids is 1. The molecule has 1 amide bonds. The molecule has 0 saturated heterocycles. The largest absolute Gasteiger partial charge is 0.496 e. The summed E-state index contributed by atoms with van der Waals surface area (Å²) < 4.78 is 42.2. The SMILES string of the molecule is CC[C@@H](NC(=O)[C@H](C)N(c1ccc(OC)c(OC)c1)S(C)(=O)=O)c1ccc(OC)c(C)c1. The minimum atomic E-state index is -3.77. The fourth-order valence-corrected chi connectivity index (χ4v) is 4.77. The Labute approximate surface area is 190 Å². The maximum Gasteiger partial charge on any atom is 0.244 e. The summed E-state index contributed by atoms with van der Waals surface area (Å²) >= 11 is 0. The van der Waals surface area contributed by atoms with Gasteiger partial charge in [-0.2, -0.15) is 0 Å². The van der Waals surface area contributed by atoms with Crippen LogP contribution in [0.4, 0.5) is 5.69 Å². The number of aryl methyl sites for hydroxylation is 1. The number of rotatable bonds is 10. The zero-order valence-corrected chi connectivity index (χ0v) is 20.4. The van der Waals surface area contributed by atoms with E-state index >= 15 is 0 Å². The normalized spacial score (nSPS) is 13.1. The van der Waals surface area contributed by atoms with Crippen LogP contribution in [0.2, 0.25) is 0 Å². The van der Waals surface area contributed by atoms with E-state index in [1.165, 1.54) is 20.3 Å². The lowest BCUT2D eigenvalue weighted by Crippen LogP contribution is -2.48. The summed E-state index contributed by atoms with van der Waals surface area (Å²) in [6, 6.07) is 9.16. The van der Waals surface area contributed by atoms with Crippen LogP contribution in [0.15, 0.2) is 36.4 Å². The van der Waals surface area contributed by atoms with Crippen molar-refractivity contribution in [1.29, 1.82) is 0 Å². The van der Waals surface area contributed by atoms with Crippen molar-refractivity contribution < 1.29 is 27.4 Å². The highest BCUT2D eigenvalue weighted by Crippen LogP contribution is 2.33. The maximum absolute atomic E-state index is 13.1. The van der Waals surface area contributed by atoms with Gasteiger partial charge in [-0.1, -0.05) is 19.1 Å². The van der Waals surface area contributed by atoms with E-state index in [4.69, 9.17) is 14.2 Å². The number of nitrogens with one attached hydrogen (secondary N) is 1. The van der Waals surface area contributed by atoms with Crippen molar-refractivity contribution in [2.24, 2.45) is 0 Å². The highest BCUT2D eigenvalue weighted by atomic mass is 32.2. The summed E-state index contributed by atoms with van der Waals surface area (Å²) in [5.41, 5.74) is 2.18. The second kappa shape index (κ2) is 10.6. The van der Waals surface area contributed by atoms with E-state index in [0.29, 0.717) is 23.6 Å². The van der Waals surface area contributed by atoms with Gasteiger partial charge in [-0.05, 0) is 49.6 Å². The number of carbonyl (C=O) groups is 1. The molecule has 0 spiro atoms. The summed E-state index contributed by atoms with van der Waals surface area (Å²) in [6.07, 6.45) is 1.71. The summed E-state index contributed by atoms with van der Waals surface area (Å²) in [7, 11) is 0.795. The zero-order valence-electron chi connectivity index (χ0n) is 19.6. The average Bonchev–Trinajstić information content (AvgIpc) is 2.76. The van der Waals surface area contributed by atoms with Gasteiger partial charge in [0.2, 0.25) is 15.9 Å². The highest BCUT2D eigenvalue weighted by molar-refractivity contribution is 7.92. The number of benzene rings is 2. The average molecular weight is 465 g/mol. The molecule has 0 bridgehead atoms. The first-order valence-electron chi connectivity index (χ1n) is 10.2. The van der Waals surface area contributed by atoms with Crippen LogP contribution in [0, 0.1) is 6.92 Å². The molecule has 2 aromatic rings. The number of anilines is 1. The van der Waals surface area contributed by atoms with Crippen molar-refractivity contribution >= 4 is 21.6 Å². The van der Waals surface area contributed by atoms with Crippen molar-refractivity contribution in [3.63, 3.8) is 0 Å². The van der Waals surface area contributed by atoms with Crippen LogP contribution in [-0.2, 0) is 14.8 Å². The number of nitrogens with zero attached hydrogens (tertiary/aromatic N) is 1. The minimum Gasteiger partial charge on any atom is -0.496 e. The lowest BCUT2D eigenvalue weighted by Gasteiger charge is -2.30. The van der Waals surface area contributed by atoms with Crippen molar-refractivity contribution in [3.05, 3.63) is 47.5 Å². The second-order valence-corrected chi connectivity index (χ2v) is 9.33. The van der Waals surface area contributed by atoms with Gasteiger partial charge in [0.25, 0.3) is 0 Å². The smallest absolute Gasteiger partial charge is 0.244 e. The predicted molar refractivity (Wildman–Crippen MR) is 125 cm³/mol. The number of hydrogen-bond acceptors (Lipinski definition) is 6. The Bertz CT molecular complexity index is 1050. The van der Waals surface area contributed by atoms with Crippen molar-refractivity contribution in [2.45, 2.75) is 39.3 Å². The Kier molecular flexibility index (Phi) is 8.38. The first-order chi connectivity index (χ1) is 15.1. The molecule has 0 fully saturated rings. The lowest BCUT2D eigenvalue weighted by molar-refractivity contribution is -0.122. The molecule has 0 aliphatic rings. The van der Waals surface area contributed by atoms with Gasteiger partial charge in [0, 0.05) is 6.07 Å². The van der Waals surface area contributed by atoms with Crippen LogP contribution in [-0.4, -0.2) is 48.0 Å². The lowest BCUT2D eigenvalue weighted by atomic mass is 10.0. The van der Waals surface area contributed by atoms with Gasteiger partial charge in [-0.3, -0.25) is 9.10 Å². The Hall–Kier alpha value is -2.94. The van der Waals surface area contributed by atoms with Crippen LogP contribution < -0.4 is 23.8 Å². The molecule has 9 heteroatoms. The van der Waals surface area contributed by atoms with Gasteiger partial charge in [0.15, 0.2) is 11.5 Å². The molecule has 0 heterocycles. The van der Waals surface area contributed by atoms with Crippen molar-refractivity contribution in [3.8, 4) is 17.2 Å². The van der Waals surface area contributed by atoms with Gasteiger partial charge in [-0.25, -0.2) is 8.42 Å². The number of methoxy groups -OCH3 is 3. The number of ether oxygens (including phenoxy) is 3. The summed E-state index contributed by atoms with van der Waals surface area (Å²) in [6.45, 7) is 5.44.